The number of hydrogen-bond acceptors (Lipinski definition) is 4. The molecule has 0 aromatic carbocycles. The van der Waals surface area contributed by atoms with Crippen molar-refractivity contribution in [2.75, 3.05) is 0 Å². The summed E-state index contributed by atoms with van der Waals surface area (Å²) in [5.74, 6) is -0.509. The van der Waals surface area contributed by atoms with E-state index in [0.717, 1.165) is 0 Å². The van der Waals surface area contributed by atoms with Gasteiger partial charge >= 0.3 is 116 Å². The number of pyridine rings is 1. The van der Waals surface area contributed by atoms with Crippen molar-refractivity contribution in [1.29, 1.82) is 0 Å². The fourth-order valence-corrected chi connectivity index (χ4v) is 0.744. The van der Waals surface area contributed by atoms with Gasteiger partial charge in [0.15, 0.2) is 0 Å². The van der Waals surface area contributed by atoms with Crippen LogP contribution in [0.1, 0.15) is 0 Å². The predicted octanol–water partition coefficient (Wildman–Crippen LogP) is -4.93. The first-order valence-electron chi connectivity index (χ1n) is 2.45. The van der Waals surface area contributed by atoms with Crippen molar-refractivity contribution < 1.29 is 126 Å². The molecule has 13 heavy (non-hydrogen) atoms. The molecule has 0 aliphatic carbocycles. The zero-order chi connectivity index (χ0) is 8.43. The molecule has 0 saturated heterocycles. The van der Waals surface area contributed by atoms with Crippen LogP contribution in [0.25, 0.3) is 0 Å². The topological polar surface area (TPSA) is 76.3 Å². The molecule has 0 bridgehead atoms. The SMILES string of the molecule is O=[N+]([O-])c1[c-]n[c-]c(Br)c1O.[Rb+].[Rb+]. The molecule has 0 amide bonds. The summed E-state index contributed by atoms with van der Waals surface area (Å²) in [6, 6.07) is 0. The first kappa shape index (κ1) is 17.8. The average Bonchev–Trinajstić information content (AvgIpc) is 1.94. The zero-order valence-corrected chi connectivity index (χ0v) is 18.5. The molecule has 0 spiro atoms. The number of rotatable bonds is 1. The molecule has 1 aromatic rings. The molecule has 8 heteroatoms. The Hall–Kier alpha value is 2.44. The number of nitrogens with zero attached hydrogens (tertiary/aromatic N) is 2. The summed E-state index contributed by atoms with van der Waals surface area (Å²) in [4.78, 5) is 12.6. The minimum absolute atomic E-state index is 0. The first-order chi connectivity index (χ1) is 5.13. The normalized spacial score (nSPS) is 8.08. The Balaban J connectivity index is 0. The van der Waals surface area contributed by atoms with E-state index in [0.29, 0.717) is 0 Å². The maximum Gasteiger partial charge on any atom is 1.00 e. The molecule has 1 heterocycles. The number of nitro groups is 1. The maximum absolute atomic E-state index is 10.1. The first-order valence-corrected chi connectivity index (χ1v) is 3.24. The molecule has 0 aliphatic rings. The molecular formula is C5HBrN2O3Rb2. The van der Waals surface area contributed by atoms with E-state index in [1.807, 2.05) is 6.20 Å². The van der Waals surface area contributed by atoms with E-state index in [9.17, 15) is 10.1 Å². The van der Waals surface area contributed by atoms with Crippen LogP contribution in [-0.2, 0) is 0 Å². The fourth-order valence-electron chi connectivity index (χ4n) is 0.467. The van der Waals surface area contributed by atoms with Gasteiger partial charge in [-0.2, -0.15) is 10.7 Å². The Morgan fingerprint density at radius 1 is 1.46 bits per heavy atom. The van der Waals surface area contributed by atoms with Gasteiger partial charge < -0.3 is 10.1 Å². The molecule has 0 aliphatic heterocycles. The second kappa shape index (κ2) is 8.58. The van der Waals surface area contributed by atoms with Gasteiger partial charge in [0, 0.05) is 4.92 Å². The summed E-state index contributed by atoms with van der Waals surface area (Å²) < 4.78 is 0.0583. The summed E-state index contributed by atoms with van der Waals surface area (Å²) in [5, 5.41) is 19.1. The van der Waals surface area contributed by atoms with Gasteiger partial charge in [-0.05, 0) is 5.75 Å². The van der Waals surface area contributed by atoms with Crippen LogP contribution in [0.4, 0.5) is 5.69 Å². The van der Waals surface area contributed by atoms with Gasteiger partial charge in [-0.3, -0.25) is 10.1 Å². The third-order valence-corrected chi connectivity index (χ3v) is 1.48. The van der Waals surface area contributed by atoms with Gasteiger partial charge in [0.25, 0.3) is 0 Å². The van der Waals surface area contributed by atoms with E-state index in [-0.39, 0.29) is 121 Å². The monoisotopic (exact) mass is 386 g/mol. The van der Waals surface area contributed by atoms with Crippen molar-refractivity contribution in [2.24, 2.45) is 0 Å². The van der Waals surface area contributed by atoms with Gasteiger partial charge in [-0.15, -0.1) is 15.9 Å². The summed E-state index contributed by atoms with van der Waals surface area (Å²) in [6.45, 7) is 0. The standard InChI is InChI=1S/C5HBrN2O3.2Rb/c6-3-1-7-2-4(5(3)9)8(10)11;;/h(H,7,9);;/q-2;2*+1. The zero-order valence-electron chi connectivity index (χ0n) is 7.04. The Bertz CT molecular complexity index is 310. The smallest absolute Gasteiger partial charge is 0.615 e. The average molecular weight is 388 g/mol. The third kappa shape index (κ3) is 5.35. The summed E-state index contributed by atoms with van der Waals surface area (Å²) in [5.41, 5.74) is -0.560. The Labute approximate surface area is 181 Å². The van der Waals surface area contributed by atoms with E-state index < -0.39 is 16.4 Å². The number of hydrogen-bond donors (Lipinski definition) is 1. The van der Waals surface area contributed by atoms with Gasteiger partial charge in [0.05, 0.1) is 0 Å². The predicted molar refractivity (Wildman–Crippen MR) is 37.9 cm³/mol. The van der Waals surface area contributed by atoms with Crippen molar-refractivity contribution in [3.63, 3.8) is 0 Å². The van der Waals surface area contributed by atoms with Gasteiger partial charge in [0.1, 0.15) is 5.69 Å². The van der Waals surface area contributed by atoms with E-state index in [2.05, 4.69) is 27.1 Å². The third-order valence-electron chi connectivity index (χ3n) is 0.931. The molecule has 1 aromatic heterocycles. The van der Waals surface area contributed by atoms with Crippen molar-refractivity contribution in [3.8, 4) is 5.75 Å². The van der Waals surface area contributed by atoms with E-state index in [1.54, 1.807) is 0 Å². The van der Waals surface area contributed by atoms with Gasteiger partial charge in [-0.1, -0.05) is 0 Å². The van der Waals surface area contributed by atoms with Crippen LogP contribution in [0.3, 0.4) is 0 Å². The second-order valence-corrected chi connectivity index (χ2v) is 2.40. The molecule has 0 saturated carbocycles. The van der Waals surface area contributed by atoms with Crippen LogP contribution in [0.2, 0.25) is 0 Å². The molecule has 1 rings (SSSR count). The van der Waals surface area contributed by atoms with Crippen molar-refractivity contribution >= 4 is 21.6 Å². The molecular weight excluding hydrogens is 387 g/mol. The van der Waals surface area contributed by atoms with Gasteiger partial charge in [-0.25, -0.2) is 6.20 Å². The van der Waals surface area contributed by atoms with Crippen LogP contribution in [0.5, 0.6) is 5.75 Å². The Kier molecular flexibility index (Phi) is 11.8. The van der Waals surface area contributed by atoms with Crippen LogP contribution < -0.4 is 116 Å². The van der Waals surface area contributed by atoms with Crippen LogP contribution in [0.15, 0.2) is 4.47 Å². The van der Waals surface area contributed by atoms with Crippen LogP contribution in [-0.4, -0.2) is 15.0 Å². The molecule has 0 fully saturated rings. The van der Waals surface area contributed by atoms with E-state index >= 15 is 0 Å². The molecule has 0 radical (unpaired) electrons. The van der Waals surface area contributed by atoms with E-state index in [1.165, 1.54) is 0 Å². The Morgan fingerprint density at radius 3 is 2.38 bits per heavy atom. The molecule has 5 nitrogen and oxygen atoms in total. The van der Waals surface area contributed by atoms with Crippen LogP contribution in [0, 0.1) is 22.5 Å². The Morgan fingerprint density at radius 2 is 2.00 bits per heavy atom. The van der Waals surface area contributed by atoms with Crippen LogP contribution >= 0.6 is 15.9 Å². The second-order valence-electron chi connectivity index (χ2n) is 1.60. The summed E-state index contributed by atoms with van der Waals surface area (Å²) >= 11 is 2.82. The van der Waals surface area contributed by atoms with Gasteiger partial charge in [0.2, 0.25) is 0 Å². The molecule has 58 valence electrons. The minimum atomic E-state index is -0.777. The number of aromatic hydroxyl groups is 1. The molecule has 0 unspecified atom stereocenters. The quantitative estimate of drug-likeness (QED) is 0.298. The minimum Gasteiger partial charge on any atom is -0.615 e. The van der Waals surface area contributed by atoms with Crippen molar-refractivity contribution in [3.05, 3.63) is 27.0 Å². The number of aromatic nitrogens is 1. The molecule has 0 atom stereocenters. The van der Waals surface area contributed by atoms with E-state index in [4.69, 9.17) is 5.11 Å². The molecule has 1 N–H and O–H groups in total. The maximum atomic E-state index is 10.1. The summed E-state index contributed by atoms with van der Waals surface area (Å²) in [7, 11) is 0. The van der Waals surface area contributed by atoms with Crippen molar-refractivity contribution in [2.45, 2.75) is 0 Å². The largest absolute Gasteiger partial charge is 1.00 e. The number of halogens is 1. The fraction of sp³-hybridized carbons (Fsp3) is 0. The summed E-state index contributed by atoms with van der Waals surface area (Å²) in [6.07, 6.45) is 4.24. The van der Waals surface area contributed by atoms with Crippen molar-refractivity contribution in [1.82, 2.24) is 4.98 Å².